The van der Waals surface area contributed by atoms with Crippen LogP contribution in [-0.4, -0.2) is 80.9 Å². The molecule has 0 bridgehead atoms. The Morgan fingerprint density at radius 2 is 1.90 bits per heavy atom. The minimum atomic E-state index is -1.18. The fourth-order valence-corrected chi connectivity index (χ4v) is 3.81. The molecule has 1 fully saturated rings. The summed E-state index contributed by atoms with van der Waals surface area (Å²) < 4.78 is 39.4. The number of para-hydroxylation sites is 1. The molecule has 12 heteroatoms. The predicted molar refractivity (Wildman–Crippen MR) is 141 cm³/mol. The molecule has 1 aliphatic heterocycles. The van der Waals surface area contributed by atoms with Crippen molar-refractivity contribution in [3.05, 3.63) is 48.3 Å². The second-order valence-corrected chi connectivity index (χ2v) is 9.46. The summed E-state index contributed by atoms with van der Waals surface area (Å²) in [6.07, 6.45) is -0.616. The van der Waals surface area contributed by atoms with Crippen molar-refractivity contribution in [3.8, 4) is 17.2 Å². The number of esters is 2. The molecule has 1 aromatic carbocycles. The molecule has 1 N–H and O–H groups in total. The first kappa shape index (κ1) is 30.6. The average molecular weight is 561 g/mol. The number of cyclic esters (lactones) is 1. The molecule has 1 aromatic heterocycles. The van der Waals surface area contributed by atoms with Crippen molar-refractivity contribution in [1.29, 1.82) is 0 Å². The van der Waals surface area contributed by atoms with Gasteiger partial charge in [0.15, 0.2) is 29.3 Å². The topological polar surface area (TPSA) is 141 Å². The maximum Gasteiger partial charge on any atom is 0.331 e. The number of benzene rings is 1. The van der Waals surface area contributed by atoms with Gasteiger partial charge in [0.1, 0.15) is 18.0 Å². The third-order valence-electron chi connectivity index (χ3n) is 5.71. The number of ether oxygens (including phenoxy) is 7. The number of amides is 1. The van der Waals surface area contributed by atoms with Crippen molar-refractivity contribution in [2.75, 3.05) is 33.7 Å². The summed E-state index contributed by atoms with van der Waals surface area (Å²) in [4.78, 5) is 41.6. The van der Waals surface area contributed by atoms with Crippen LogP contribution in [0.4, 0.5) is 0 Å². The van der Waals surface area contributed by atoms with E-state index in [1.807, 2.05) is 44.2 Å². The highest BCUT2D eigenvalue weighted by atomic mass is 16.7. The Morgan fingerprint density at radius 1 is 1.15 bits per heavy atom. The van der Waals surface area contributed by atoms with Gasteiger partial charge in [-0.1, -0.05) is 32.0 Å². The number of nitrogens with one attached hydrogen (secondary N) is 1. The first-order valence-electron chi connectivity index (χ1n) is 12.9. The fourth-order valence-electron chi connectivity index (χ4n) is 3.81. The molecule has 2 aromatic rings. The molecule has 4 atom stereocenters. The van der Waals surface area contributed by atoms with E-state index in [-0.39, 0.29) is 36.3 Å². The summed E-state index contributed by atoms with van der Waals surface area (Å²) in [5, 5.41) is 2.60. The van der Waals surface area contributed by atoms with Crippen LogP contribution in [0, 0.1) is 5.92 Å². The summed E-state index contributed by atoms with van der Waals surface area (Å²) in [6, 6.07) is 9.50. The van der Waals surface area contributed by atoms with Gasteiger partial charge in [0, 0.05) is 25.8 Å². The van der Waals surface area contributed by atoms with Crippen LogP contribution in [0.5, 0.6) is 17.2 Å². The van der Waals surface area contributed by atoms with Gasteiger partial charge in [-0.3, -0.25) is 9.59 Å². The molecule has 3 rings (SSSR count). The quantitative estimate of drug-likeness (QED) is 0.320. The maximum atomic E-state index is 13.2. The van der Waals surface area contributed by atoms with Crippen LogP contribution in [0.25, 0.3) is 0 Å². The smallest absolute Gasteiger partial charge is 0.331 e. The zero-order chi connectivity index (χ0) is 29.1. The Hall–Kier alpha value is -3.90. The molecule has 0 spiro atoms. The molecule has 0 unspecified atom stereocenters. The van der Waals surface area contributed by atoms with Crippen LogP contribution in [0.15, 0.2) is 42.6 Å². The Labute approximate surface area is 233 Å². The van der Waals surface area contributed by atoms with E-state index >= 15 is 0 Å². The Kier molecular flexibility index (Phi) is 11.5. The van der Waals surface area contributed by atoms with E-state index in [0.29, 0.717) is 12.4 Å². The highest BCUT2D eigenvalue weighted by molar-refractivity contribution is 5.98. The number of methoxy groups -OCH3 is 1. The number of aromatic nitrogens is 1. The minimum absolute atomic E-state index is 0.0621. The summed E-state index contributed by atoms with van der Waals surface area (Å²) in [5.74, 6) is -1.08. The number of carbonyl (C=O) groups excluding carboxylic acids is 3. The Bertz CT molecular complexity index is 1130. The van der Waals surface area contributed by atoms with Gasteiger partial charge in [0.05, 0.1) is 20.3 Å². The van der Waals surface area contributed by atoms with Crippen LogP contribution in [0.1, 0.15) is 38.2 Å². The van der Waals surface area contributed by atoms with Crippen molar-refractivity contribution >= 4 is 17.8 Å². The summed E-state index contributed by atoms with van der Waals surface area (Å²) >= 11 is 0. The normalized spacial score (nSPS) is 21.3. The lowest BCUT2D eigenvalue weighted by molar-refractivity contribution is -0.163. The largest absolute Gasteiger partial charge is 0.493 e. The van der Waals surface area contributed by atoms with E-state index in [2.05, 4.69) is 10.3 Å². The lowest BCUT2D eigenvalue weighted by Crippen LogP contribution is -2.47. The second-order valence-electron chi connectivity index (χ2n) is 9.46. The van der Waals surface area contributed by atoms with Crippen molar-refractivity contribution in [3.63, 3.8) is 0 Å². The number of rotatable bonds is 11. The van der Waals surface area contributed by atoms with Crippen molar-refractivity contribution in [2.45, 2.75) is 52.0 Å². The number of hydrogen-bond acceptors (Lipinski definition) is 11. The van der Waals surface area contributed by atoms with Crippen molar-refractivity contribution in [2.24, 2.45) is 5.92 Å². The van der Waals surface area contributed by atoms with Gasteiger partial charge in [0.25, 0.3) is 5.91 Å². The van der Waals surface area contributed by atoms with Gasteiger partial charge < -0.3 is 38.5 Å². The monoisotopic (exact) mass is 560 g/mol. The van der Waals surface area contributed by atoms with Crippen LogP contribution in [0.3, 0.4) is 0 Å². The van der Waals surface area contributed by atoms with Crippen LogP contribution in [0.2, 0.25) is 0 Å². The van der Waals surface area contributed by atoms with E-state index < -0.39 is 49.0 Å². The summed E-state index contributed by atoms with van der Waals surface area (Å²) in [5.41, 5.74) is -0.185. The van der Waals surface area contributed by atoms with E-state index in [4.69, 9.17) is 33.2 Å². The zero-order valence-electron chi connectivity index (χ0n) is 23.3. The van der Waals surface area contributed by atoms with E-state index in [1.165, 1.54) is 26.3 Å². The molecule has 1 aliphatic rings. The molecule has 1 amide bonds. The van der Waals surface area contributed by atoms with E-state index in [1.54, 1.807) is 6.92 Å². The second kappa shape index (κ2) is 15.0. The molecule has 0 radical (unpaired) electrons. The number of carbonyl (C=O) groups is 3. The standard InChI is InChI=1S/C28H36N2O10/c1-17(2)13-36-25-18(3)39-28(33)21(14-35-15-23(25)40-20-9-7-6-8-10-20)30-27(32)24-26(38-16-37-19(4)31)22(34-5)11-12-29-24/h6-12,17-18,21,23,25H,13-16H2,1-5H3,(H,30,32)/t18-,21-,23-,25-/m0/s1. The SMILES string of the molecule is COc1ccnc(C(=O)N[C@H]2COC[C@H](Oc3ccccc3)[C@@H](OCC(C)C)[C@H](C)OC2=O)c1OCOC(C)=O. The van der Waals surface area contributed by atoms with Crippen LogP contribution < -0.4 is 19.5 Å². The molecule has 0 saturated carbocycles. The van der Waals surface area contributed by atoms with Crippen molar-refractivity contribution < 1.29 is 47.5 Å². The number of hydrogen-bond donors (Lipinski definition) is 1. The van der Waals surface area contributed by atoms with Gasteiger partial charge in [-0.05, 0) is 25.0 Å². The lowest BCUT2D eigenvalue weighted by Gasteiger charge is -2.31. The first-order valence-corrected chi connectivity index (χ1v) is 12.9. The number of nitrogens with zero attached hydrogens (tertiary/aromatic N) is 1. The van der Waals surface area contributed by atoms with Gasteiger partial charge in [-0.2, -0.15) is 0 Å². The van der Waals surface area contributed by atoms with Crippen LogP contribution >= 0.6 is 0 Å². The highest BCUT2D eigenvalue weighted by Gasteiger charge is 2.37. The Morgan fingerprint density at radius 3 is 2.58 bits per heavy atom. The third-order valence-corrected chi connectivity index (χ3v) is 5.71. The Balaban J connectivity index is 1.78. The zero-order valence-corrected chi connectivity index (χ0v) is 23.3. The molecule has 2 heterocycles. The van der Waals surface area contributed by atoms with Gasteiger partial charge in [-0.15, -0.1) is 0 Å². The maximum absolute atomic E-state index is 13.2. The summed E-state index contributed by atoms with van der Waals surface area (Å²) in [6.45, 7) is 6.77. The molecule has 12 nitrogen and oxygen atoms in total. The molecular formula is C28H36N2O10. The molecule has 0 aliphatic carbocycles. The highest BCUT2D eigenvalue weighted by Crippen LogP contribution is 2.30. The van der Waals surface area contributed by atoms with E-state index in [0.717, 1.165) is 0 Å². The third kappa shape index (κ3) is 8.82. The first-order chi connectivity index (χ1) is 19.2. The van der Waals surface area contributed by atoms with E-state index in [9.17, 15) is 14.4 Å². The lowest BCUT2D eigenvalue weighted by atomic mass is 10.1. The predicted octanol–water partition coefficient (Wildman–Crippen LogP) is 2.54. The van der Waals surface area contributed by atoms with Gasteiger partial charge in [-0.25, -0.2) is 9.78 Å². The van der Waals surface area contributed by atoms with Crippen molar-refractivity contribution in [1.82, 2.24) is 10.3 Å². The molecular weight excluding hydrogens is 524 g/mol. The number of pyridine rings is 1. The fraction of sp³-hybridized carbons (Fsp3) is 0.500. The van der Waals surface area contributed by atoms with Gasteiger partial charge in [0.2, 0.25) is 6.79 Å². The molecule has 1 saturated heterocycles. The van der Waals surface area contributed by atoms with Crippen LogP contribution in [-0.2, 0) is 28.5 Å². The average Bonchev–Trinajstić information content (AvgIpc) is 2.96. The molecule has 40 heavy (non-hydrogen) atoms. The minimum Gasteiger partial charge on any atom is -0.493 e. The molecule has 218 valence electrons. The van der Waals surface area contributed by atoms with Gasteiger partial charge >= 0.3 is 11.9 Å². The summed E-state index contributed by atoms with van der Waals surface area (Å²) in [7, 11) is 1.38.